The average molecular weight is 177 g/mol. The molecule has 0 aliphatic rings. The summed E-state index contributed by atoms with van der Waals surface area (Å²) in [6, 6.07) is 8.94. The summed E-state index contributed by atoms with van der Waals surface area (Å²) in [5, 5.41) is 0. The molecule has 0 saturated carbocycles. The summed E-state index contributed by atoms with van der Waals surface area (Å²) in [7, 11) is 0. The maximum atomic E-state index is 5.73. The Hall–Kier alpha value is -0.820. The minimum absolute atomic E-state index is 0.310. The lowest BCUT2D eigenvalue weighted by molar-refractivity contribution is 0.663. The molecule has 0 aromatic heterocycles. The highest BCUT2D eigenvalue weighted by Crippen LogP contribution is 2.12. The first kappa shape index (κ1) is 10.3. The van der Waals surface area contributed by atoms with Gasteiger partial charge in [0.25, 0.3) is 0 Å². The van der Waals surface area contributed by atoms with Crippen LogP contribution in [0.1, 0.15) is 31.4 Å². The predicted octanol–water partition coefficient (Wildman–Crippen LogP) is 2.53. The fourth-order valence-electron chi connectivity index (χ4n) is 1.53. The van der Waals surface area contributed by atoms with E-state index in [1.165, 1.54) is 11.1 Å². The highest BCUT2D eigenvalue weighted by Gasteiger charge is 2.00. The zero-order valence-corrected chi connectivity index (χ0v) is 8.59. The summed E-state index contributed by atoms with van der Waals surface area (Å²) in [5.41, 5.74) is 8.65. The van der Waals surface area contributed by atoms with Gasteiger partial charge in [-0.25, -0.2) is 0 Å². The van der Waals surface area contributed by atoms with Crippen LogP contribution in [0.2, 0.25) is 0 Å². The van der Waals surface area contributed by atoms with Gasteiger partial charge in [-0.2, -0.15) is 0 Å². The van der Waals surface area contributed by atoms with Crippen molar-refractivity contribution in [2.24, 2.45) is 5.73 Å². The molecule has 0 fully saturated rings. The summed E-state index contributed by atoms with van der Waals surface area (Å²) in [4.78, 5) is 0. The zero-order valence-electron chi connectivity index (χ0n) is 8.59. The van der Waals surface area contributed by atoms with Crippen LogP contribution < -0.4 is 5.73 Å². The Kier molecular flexibility index (Phi) is 3.97. The lowest BCUT2D eigenvalue weighted by Crippen LogP contribution is -2.15. The first-order valence-corrected chi connectivity index (χ1v) is 5.06. The van der Waals surface area contributed by atoms with Crippen LogP contribution in [0, 0.1) is 0 Å². The molecule has 13 heavy (non-hydrogen) atoms. The summed E-state index contributed by atoms with van der Waals surface area (Å²) < 4.78 is 0. The van der Waals surface area contributed by atoms with Crippen molar-refractivity contribution in [2.75, 3.05) is 0 Å². The standard InChI is InChI=1S/C12H19N/c1-3-11-6-4-5-7-12(11)9-8-10(2)13/h4-7,10H,3,8-9,13H2,1-2H3/t10-/m1/s1. The fourth-order valence-corrected chi connectivity index (χ4v) is 1.53. The molecule has 0 aliphatic carbocycles. The number of nitrogens with two attached hydrogens (primary N) is 1. The van der Waals surface area contributed by atoms with Crippen molar-refractivity contribution < 1.29 is 0 Å². The van der Waals surface area contributed by atoms with Crippen molar-refractivity contribution in [3.63, 3.8) is 0 Å². The number of hydrogen-bond acceptors (Lipinski definition) is 1. The molecule has 1 atom stereocenters. The normalized spacial score (nSPS) is 12.8. The molecule has 0 aliphatic heterocycles. The van der Waals surface area contributed by atoms with Gasteiger partial charge < -0.3 is 5.73 Å². The van der Waals surface area contributed by atoms with Crippen molar-refractivity contribution in [2.45, 2.75) is 39.2 Å². The minimum atomic E-state index is 0.310. The van der Waals surface area contributed by atoms with Crippen LogP contribution >= 0.6 is 0 Å². The van der Waals surface area contributed by atoms with Gasteiger partial charge in [-0.05, 0) is 37.3 Å². The van der Waals surface area contributed by atoms with Crippen molar-refractivity contribution in [3.8, 4) is 0 Å². The Morgan fingerprint density at radius 3 is 2.38 bits per heavy atom. The molecule has 0 radical (unpaired) electrons. The Morgan fingerprint density at radius 2 is 1.85 bits per heavy atom. The monoisotopic (exact) mass is 177 g/mol. The summed E-state index contributed by atoms with van der Waals surface area (Å²) in [6.07, 6.45) is 3.31. The second-order valence-corrected chi connectivity index (χ2v) is 3.64. The van der Waals surface area contributed by atoms with Gasteiger partial charge in [0.05, 0.1) is 0 Å². The van der Waals surface area contributed by atoms with Gasteiger partial charge in [-0.3, -0.25) is 0 Å². The van der Waals surface area contributed by atoms with Gasteiger partial charge in [0.2, 0.25) is 0 Å². The molecule has 0 bridgehead atoms. The minimum Gasteiger partial charge on any atom is -0.328 e. The van der Waals surface area contributed by atoms with Gasteiger partial charge in [-0.15, -0.1) is 0 Å². The Bertz CT molecular complexity index is 253. The molecule has 0 unspecified atom stereocenters. The number of aryl methyl sites for hydroxylation is 2. The Labute approximate surface area is 81.0 Å². The molecule has 0 saturated heterocycles. The fraction of sp³-hybridized carbons (Fsp3) is 0.500. The quantitative estimate of drug-likeness (QED) is 0.751. The third kappa shape index (κ3) is 3.19. The highest BCUT2D eigenvalue weighted by atomic mass is 14.6. The van der Waals surface area contributed by atoms with E-state index in [9.17, 15) is 0 Å². The van der Waals surface area contributed by atoms with Crippen molar-refractivity contribution >= 4 is 0 Å². The zero-order chi connectivity index (χ0) is 9.68. The molecule has 0 heterocycles. The molecule has 0 spiro atoms. The summed E-state index contributed by atoms with van der Waals surface area (Å²) >= 11 is 0. The molecule has 1 rings (SSSR count). The molecular weight excluding hydrogens is 158 g/mol. The predicted molar refractivity (Wildman–Crippen MR) is 57.8 cm³/mol. The van der Waals surface area contributed by atoms with E-state index in [1.807, 2.05) is 0 Å². The topological polar surface area (TPSA) is 26.0 Å². The van der Waals surface area contributed by atoms with Crippen LogP contribution in [0.15, 0.2) is 24.3 Å². The highest BCUT2D eigenvalue weighted by molar-refractivity contribution is 5.27. The van der Waals surface area contributed by atoms with Crippen molar-refractivity contribution in [3.05, 3.63) is 35.4 Å². The Morgan fingerprint density at radius 1 is 1.23 bits per heavy atom. The van der Waals surface area contributed by atoms with Crippen LogP contribution in [0.25, 0.3) is 0 Å². The van der Waals surface area contributed by atoms with Crippen molar-refractivity contribution in [1.82, 2.24) is 0 Å². The lowest BCUT2D eigenvalue weighted by Gasteiger charge is -2.08. The smallest absolute Gasteiger partial charge is 0.00136 e. The van der Waals surface area contributed by atoms with Gasteiger partial charge in [0.1, 0.15) is 0 Å². The number of hydrogen-bond donors (Lipinski definition) is 1. The third-order valence-corrected chi connectivity index (χ3v) is 2.37. The molecule has 1 nitrogen and oxygen atoms in total. The summed E-state index contributed by atoms with van der Waals surface area (Å²) in [6.45, 7) is 4.26. The van der Waals surface area contributed by atoms with E-state index < -0.39 is 0 Å². The first-order chi connectivity index (χ1) is 6.24. The van der Waals surface area contributed by atoms with E-state index in [1.54, 1.807) is 0 Å². The van der Waals surface area contributed by atoms with Crippen LogP contribution in [0.5, 0.6) is 0 Å². The second kappa shape index (κ2) is 5.03. The average Bonchev–Trinajstić information content (AvgIpc) is 2.15. The first-order valence-electron chi connectivity index (χ1n) is 5.06. The van der Waals surface area contributed by atoms with E-state index in [0.717, 1.165) is 19.3 Å². The van der Waals surface area contributed by atoms with Crippen LogP contribution in [0.3, 0.4) is 0 Å². The largest absolute Gasteiger partial charge is 0.328 e. The van der Waals surface area contributed by atoms with Crippen LogP contribution in [-0.2, 0) is 12.8 Å². The molecule has 1 aromatic carbocycles. The maximum absolute atomic E-state index is 5.73. The molecular formula is C12H19N. The van der Waals surface area contributed by atoms with Crippen LogP contribution in [0.4, 0.5) is 0 Å². The van der Waals surface area contributed by atoms with E-state index in [0.29, 0.717) is 6.04 Å². The second-order valence-electron chi connectivity index (χ2n) is 3.64. The third-order valence-electron chi connectivity index (χ3n) is 2.37. The van der Waals surface area contributed by atoms with Gasteiger partial charge in [-0.1, -0.05) is 31.2 Å². The lowest BCUT2D eigenvalue weighted by atomic mass is 9.99. The van der Waals surface area contributed by atoms with Gasteiger partial charge in [0, 0.05) is 6.04 Å². The van der Waals surface area contributed by atoms with E-state index in [-0.39, 0.29) is 0 Å². The molecule has 0 amide bonds. The molecule has 2 N–H and O–H groups in total. The van der Waals surface area contributed by atoms with E-state index in [4.69, 9.17) is 5.73 Å². The molecule has 1 heteroatoms. The van der Waals surface area contributed by atoms with Crippen molar-refractivity contribution in [1.29, 1.82) is 0 Å². The van der Waals surface area contributed by atoms with E-state index in [2.05, 4.69) is 38.1 Å². The van der Waals surface area contributed by atoms with Gasteiger partial charge >= 0.3 is 0 Å². The van der Waals surface area contributed by atoms with Gasteiger partial charge in [0.15, 0.2) is 0 Å². The van der Waals surface area contributed by atoms with E-state index >= 15 is 0 Å². The van der Waals surface area contributed by atoms with Crippen LogP contribution in [-0.4, -0.2) is 6.04 Å². The number of rotatable bonds is 4. The summed E-state index contributed by atoms with van der Waals surface area (Å²) in [5.74, 6) is 0. The number of benzene rings is 1. The SMILES string of the molecule is CCc1ccccc1CC[C@@H](C)N. The Balaban J connectivity index is 2.64. The maximum Gasteiger partial charge on any atom is 0.00136 e. The molecule has 1 aromatic rings. The molecule has 72 valence electrons.